The molecule has 0 aromatic heterocycles. The molecule has 4 rings (SSSR count). The standard InChI is InChI=1S/C32H30N2O6/c33-31(25-7-3-1-4-8-25,21-23-11-15-27(35)16-12-23)39-29(37)19-20-30(38)40-32(34,26-9-5-2-6-10-26)22-24-13-17-28(36)18-14-24/h1-20,35-36H,21-22,33-34H2/b20-19-. The van der Waals surface area contributed by atoms with E-state index >= 15 is 0 Å². The average Bonchev–Trinajstić information content (AvgIpc) is 2.95. The summed E-state index contributed by atoms with van der Waals surface area (Å²) in [6.45, 7) is 0. The molecule has 4 aromatic rings. The Kier molecular flexibility index (Phi) is 8.63. The summed E-state index contributed by atoms with van der Waals surface area (Å²) in [4.78, 5) is 25.7. The fraction of sp³-hybridized carbons (Fsp3) is 0.125. The zero-order valence-corrected chi connectivity index (χ0v) is 21.6. The lowest BCUT2D eigenvalue weighted by Crippen LogP contribution is -2.44. The Morgan fingerprint density at radius 3 is 1.23 bits per heavy atom. The van der Waals surface area contributed by atoms with Crippen LogP contribution in [-0.4, -0.2) is 22.2 Å². The minimum absolute atomic E-state index is 0.0985. The van der Waals surface area contributed by atoms with E-state index in [1.807, 2.05) is 12.1 Å². The summed E-state index contributed by atoms with van der Waals surface area (Å²) in [6, 6.07) is 30.4. The van der Waals surface area contributed by atoms with E-state index in [1.54, 1.807) is 72.8 Å². The van der Waals surface area contributed by atoms with Gasteiger partial charge < -0.3 is 19.7 Å². The Balaban J connectivity index is 1.50. The van der Waals surface area contributed by atoms with Gasteiger partial charge in [-0.15, -0.1) is 0 Å². The van der Waals surface area contributed by atoms with Crippen LogP contribution in [0.4, 0.5) is 0 Å². The molecule has 0 aliphatic heterocycles. The summed E-state index contributed by atoms with van der Waals surface area (Å²) < 4.78 is 11.3. The number of carbonyl (C=O) groups is 2. The highest BCUT2D eigenvalue weighted by atomic mass is 16.6. The Bertz CT molecular complexity index is 1340. The molecule has 2 unspecified atom stereocenters. The van der Waals surface area contributed by atoms with Gasteiger partial charge in [0, 0.05) is 36.1 Å². The number of carbonyl (C=O) groups excluding carboxylic acids is 2. The molecule has 0 radical (unpaired) electrons. The number of phenols is 2. The van der Waals surface area contributed by atoms with Gasteiger partial charge in [0.15, 0.2) is 11.4 Å². The molecule has 40 heavy (non-hydrogen) atoms. The summed E-state index contributed by atoms with van der Waals surface area (Å²) in [5.41, 5.74) is 12.6. The van der Waals surface area contributed by atoms with Gasteiger partial charge in [0.1, 0.15) is 11.5 Å². The second-order valence-electron chi connectivity index (χ2n) is 9.37. The second kappa shape index (κ2) is 12.3. The molecule has 0 bridgehead atoms. The third-order valence-corrected chi connectivity index (χ3v) is 6.25. The monoisotopic (exact) mass is 538 g/mol. The molecule has 2 atom stereocenters. The lowest BCUT2D eigenvalue weighted by atomic mass is 9.95. The number of esters is 2. The molecule has 0 saturated heterocycles. The zero-order valence-electron chi connectivity index (χ0n) is 21.6. The van der Waals surface area contributed by atoms with Crippen molar-refractivity contribution >= 4 is 11.9 Å². The van der Waals surface area contributed by atoms with Gasteiger partial charge >= 0.3 is 11.9 Å². The number of hydrogen-bond donors (Lipinski definition) is 4. The Morgan fingerprint density at radius 2 is 0.900 bits per heavy atom. The minimum Gasteiger partial charge on any atom is -0.508 e. The number of hydrogen-bond acceptors (Lipinski definition) is 8. The van der Waals surface area contributed by atoms with E-state index in [9.17, 15) is 19.8 Å². The maximum absolute atomic E-state index is 12.8. The fourth-order valence-electron chi connectivity index (χ4n) is 4.23. The first-order valence-corrected chi connectivity index (χ1v) is 12.5. The van der Waals surface area contributed by atoms with Crippen LogP contribution < -0.4 is 11.5 Å². The summed E-state index contributed by atoms with van der Waals surface area (Å²) in [5, 5.41) is 19.2. The molecule has 204 valence electrons. The van der Waals surface area contributed by atoms with Crippen LogP contribution in [0.15, 0.2) is 121 Å². The van der Waals surface area contributed by atoms with Crippen LogP contribution in [0.5, 0.6) is 11.5 Å². The van der Waals surface area contributed by atoms with Gasteiger partial charge in [-0.1, -0.05) is 84.9 Å². The number of benzene rings is 4. The van der Waals surface area contributed by atoms with Crippen molar-refractivity contribution in [3.05, 3.63) is 144 Å². The van der Waals surface area contributed by atoms with Gasteiger partial charge in [-0.05, 0) is 35.4 Å². The van der Waals surface area contributed by atoms with Crippen LogP contribution >= 0.6 is 0 Å². The third-order valence-electron chi connectivity index (χ3n) is 6.25. The van der Waals surface area contributed by atoms with Crippen molar-refractivity contribution in [1.29, 1.82) is 0 Å². The maximum Gasteiger partial charge on any atom is 0.333 e. The van der Waals surface area contributed by atoms with Crippen molar-refractivity contribution in [2.24, 2.45) is 11.5 Å². The van der Waals surface area contributed by atoms with E-state index in [0.29, 0.717) is 11.1 Å². The van der Waals surface area contributed by atoms with Crippen molar-refractivity contribution < 1.29 is 29.3 Å². The van der Waals surface area contributed by atoms with Crippen molar-refractivity contribution in [2.45, 2.75) is 24.3 Å². The number of ether oxygens (including phenoxy) is 2. The molecule has 0 spiro atoms. The molecule has 6 N–H and O–H groups in total. The maximum atomic E-state index is 12.8. The highest BCUT2D eigenvalue weighted by molar-refractivity contribution is 5.92. The molecule has 4 aromatic carbocycles. The number of rotatable bonds is 10. The summed E-state index contributed by atoms with van der Waals surface area (Å²) >= 11 is 0. The first-order chi connectivity index (χ1) is 19.1. The van der Waals surface area contributed by atoms with E-state index in [2.05, 4.69) is 0 Å². The lowest BCUT2D eigenvalue weighted by Gasteiger charge is -2.30. The second-order valence-corrected chi connectivity index (χ2v) is 9.37. The van der Waals surface area contributed by atoms with E-state index in [-0.39, 0.29) is 24.3 Å². The molecular weight excluding hydrogens is 508 g/mol. The lowest BCUT2D eigenvalue weighted by molar-refractivity contribution is -0.157. The largest absolute Gasteiger partial charge is 0.508 e. The molecule has 0 aliphatic carbocycles. The molecule has 0 amide bonds. The Morgan fingerprint density at radius 1 is 0.575 bits per heavy atom. The quantitative estimate of drug-likeness (QED) is 0.134. The minimum atomic E-state index is -1.55. The molecule has 0 aliphatic rings. The number of nitrogens with two attached hydrogens (primary N) is 2. The first kappa shape index (κ1) is 28.1. The van der Waals surface area contributed by atoms with Crippen molar-refractivity contribution in [3.63, 3.8) is 0 Å². The number of aromatic hydroxyl groups is 2. The van der Waals surface area contributed by atoms with E-state index in [4.69, 9.17) is 20.9 Å². The smallest absolute Gasteiger partial charge is 0.333 e. The van der Waals surface area contributed by atoms with E-state index in [0.717, 1.165) is 23.3 Å². The molecule has 0 fully saturated rings. The van der Waals surface area contributed by atoms with Crippen LogP contribution in [-0.2, 0) is 43.4 Å². The van der Waals surface area contributed by atoms with E-state index in [1.165, 1.54) is 24.3 Å². The SMILES string of the molecule is NC(Cc1ccc(O)cc1)(OC(=O)/C=C\C(=O)OC(N)(Cc1ccc(O)cc1)c1ccccc1)c1ccccc1. The molecule has 8 heteroatoms. The molecule has 8 nitrogen and oxygen atoms in total. The Labute approximate surface area is 232 Å². The third kappa shape index (κ3) is 7.35. The van der Waals surface area contributed by atoms with Gasteiger partial charge in [0.05, 0.1) is 0 Å². The number of phenolic OH excluding ortho intramolecular Hbond substituents is 2. The van der Waals surface area contributed by atoms with Crippen LogP contribution in [0.3, 0.4) is 0 Å². The topological polar surface area (TPSA) is 145 Å². The summed E-state index contributed by atoms with van der Waals surface area (Å²) in [5.74, 6) is -1.52. The van der Waals surface area contributed by atoms with E-state index < -0.39 is 23.4 Å². The predicted octanol–water partition coefficient (Wildman–Crippen LogP) is 4.15. The summed E-state index contributed by atoms with van der Waals surface area (Å²) in [7, 11) is 0. The van der Waals surface area contributed by atoms with Crippen LogP contribution in [0.25, 0.3) is 0 Å². The molecule has 0 saturated carbocycles. The van der Waals surface area contributed by atoms with Crippen LogP contribution in [0.2, 0.25) is 0 Å². The van der Waals surface area contributed by atoms with Crippen molar-refractivity contribution in [1.82, 2.24) is 0 Å². The van der Waals surface area contributed by atoms with Gasteiger partial charge in [0.25, 0.3) is 0 Å². The van der Waals surface area contributed by atoms with Gasteiger partial charge in [-0.25, -0.2) is 9.59 Å². The van der Waals surface area contributed by atoms with Crippen LogP contribution in [0, 0.1) is 0 Å². The average molecular weight is 539 g/mol. The normalized spacial score (nSPS) is 14.2. The highest BCUT2D eigenvalue weighted by Crippen LogP contribution is 2.28. The molecular formula is C32H30N2O6. The Hall–Kier alpha value is -4.92. The van der Waals surface area contributed by atoms with Crippen LogP contribution in [0.1, 0.15) is 22.3 Å². The van der Waals surface area contributed by atoms with Crippen molar-refractivity contribution in [3.8, 4) is 11.5 Å². The highest BCUT2D eigenvalue weighted by Gasteiger charge is 2.33. The first-order valence-electron chi connectivity index (χ1n) is 12.5. The summed E-state index contributed by atoms with van der Waals surface area (Å²) in [6.07, 6.45) is 2.12. The van der Waals surface area contributed by atoms with Crippen molar-refractivity contribution in [2.75, 3.05) is 0 Å². The van der Waals surface area contributed by atoms with Gasteiger partial charge in [0.2, 0.25) is 0 Å². The van der Waals surface area contributed by atoms with Gasteiger partial charge in [-0.3, -0.25) is 11.5 Å². The predicted molar refractivity (Wildman–Crippen MR) is 150 cm³/mol. The zero-order chi connectivity index (χ0) is 28.6. The fourth-order valence-corrected chi connectivity index (χ4v) is 4.23. The molecule has 0 heterocycles. The van der Waals surface area contributed by atoms with Gasteiger partial charge in [-0.2, -0.15) is 0 Å².